The smallest absolute Gasteiger partial charge is 0.243 e. The highest BCUT2D eigenvalue weighted by atomic mass is 32.2. The first kappa shape index (κ1) is 16.8. The lowest BCUT2D eigenvalue weighted by Gasteiger charge is -2.10. The number of pyridine rings is 1. The second kappa shape index (κ2) is 6.07. The van der Waals surface area contributed by atoms with Crippen LogP contribution in [0.3, 0.4) is 0 Å². The van der Waals surface area contributed by atoms with Gasteiger partial charge in [0.2, 0.25) is 10.0 Å². The largest absolute Gasteiger partial charge is 0.508 e. The van der Waals surface area contributed by atoms with Gasteiger partial charge in [-0.25, -0.2) is 12.4 Å². The molecule has 0 unspecified atom stereocenters. The van der Waals surface area contributed by atoms with E-state index in [-0.39, 0.29) is 11.5 Å². The topological polar surface area (TPSA) is 72.2 Å². The average Bonchev–Trinajstić information content (AvgIpc) is 3.00. The van der Waals surface area contributed by atoms with Gasteiger partial charge in [-0.2, -0.15) is 0 Å². The zero-order valence-electron chi connectivity index (χ0n) is 14.8. The van der Waals surface area contributed by atoms with Crippen molar-refractivity contribution in [2.45, 2.75) is 5.75 Å². The van der Waals surface area contributed by atoms with E-state index in [4.69, 9.17) is 0 Å². The molecule has 3 aromatic carbocycles. The molecule has 6 heteroatoms. The number of aromatic hydroxyl groups is 1. The summed E-state index contributed by atoms with van der Waals surface area (Å²) in [6, 6.07) is 19.5. The third kappa shape index (κ3) is 2.61. The lowest BCUT2D eigenvalue weighted by Crippen LogP contribution is -2.14. The molecule has 0 aliphatic rings. The average molecular weight is 388 g/mol. The molecule has 5 rings (SSSR count). The molecule has 28 heavy (non-hydrogen) atoms. The van der Waals surface area contributed by atoms with Crippen LogP contribution in [0, 0.1) is 0 Å². The number of fused-ring (bicyclic) bond motifs is 4. The molecule has 0 saturated carbocycles. The highest BCUT2D eigenvalue weighted by Gasteiger charge is 2.22. The van der Waals surface area contributed by atoms with Crippen LogP contribution >= 0.6 is 0 Å². The van der Waals surface area contributed by atoms with Crippen LogP contribution in [0.5, 0.6) is 5.75 Å². The van der Waals surface area contributed by atoms with Crippen LogP contribution in [-0.4, -0.2) is 22.5 Å². The van der Waals surface area contributed by atoms with Crippen LogP contribution in [0.4, 0.5) is 0 Å². The Morgan fingerprint density at radius 1 is 0.857 bits per heavy atom. The fourth-order valence-electron chi connectivity index (χ4n) is 3.70. The zero-order chi connectivity index (χ0) is 19.3. The van der Waals surface area contributed by atoms with Crippen molar-refractivity contribution >= 4 is 42.6 Å². The molecule has 2 aromatic heterocycles. The van der Waals surface area contributed by atoms with Crippen LogP contribution in [0.15, 0.2) is 79.1 Å². The maximum absolute atomic E-state index is 13.4. The van der Waals surface area contributed by atoms with Crippen molar-refractivity contribution in [2.24, 2.45) is 0 Å². The Balaban J connectivity index is 1.87. The zero-order valence-corrected chi connectivity index (χ0v) is 15.6. The first-order valence-corrected chi connectivity index (χ1v) is 10.4. The monoisotopic (exact) mass is 388 g/mol. The van der Waals surface area contributed by atoms with Gasteiger partial charge in [-0.15, -0.1) is 0 Å². The summed E-state index contributed by atoms with van der Waals surface area (Å²) in [4.78, 5) is 4.15. The third-order valence-electron chi connectivity index (χ3n) is 4.93. The second-order valence-corrected chi connectivity index (χ2v) is 8.62. The van der Waals surface area contributed by atoms with Gasteiger partial charge in [-0.1, -0.05) is 30.3 Å². The molecule has 0 atom stereocenters. The van der Waals surface area contributed by atoms with E-state index in [1.54, 1.807) is 36.7 Å². The number of phenols is 1. The third-order valence-corrected chi connectivity index (χ3v) is 6.58. The number of phenolic OH excluding ortho intramolecular Hbond substituents is 1. The molecule has 0 amide bonds. The first-order chi connectivity index (χ1) is 13.5. The van der Waals surface area contributed by atoms with Crippen LogP contribution in [-0.2, 0) is 15.8 Å². The molecule has 0 aliphatic carbocycles. The van der Waals surface area contributed by atoms with Crippen molar-refractivity contribution in [3.63, 3.8) is 0 Å². The summed E-state index contributed by atoms with van der Waals surface area (Å²) in [6.07, 6.45) is 3.44. The van der Waals surface area contributed by atoms with E-state index in [1.165, 1.54) is 10.0 Å². The quantitative estimate of drug-likeness (QED) is 0.496. The molecule has 1 N–H and O–H groups in total. The van der Waals surface area contributed by atoms with Crippen molar-refractivity contribution in [3.8, 4) is 5.75 Å². The summed E-state index contributed by atoms with van der Waals surface area (Å²) >= 11 is 0. The minimum Gasteiger partial charge on any atom is -0.508 e. The van der Waals surface area contributed by atoms with Gasteiger partial charge >= 0.3 is 0 Å². The summed E-state index contributed by atoms with van der Waals surface area (Å²) in [5, 5.41) is 13.3. The van der Waals surface area contributed by atoms with Crippen molar-refractivity contribution in [3.05, 3.63) is 84.7 Å². The number of rotatable bonds is 3. The molecule has 138 valence electrons. The van der Waals surface area contributed by atoms with E-state index in [1.807, 2.05) is 36.4 Å². The van der Waals surface area contributed by atoms with E-state index >= 15 is 0 Å². The molecule has 0 saturated heterocycles. The van der Waals surface area contributed by atoms with Crippen LogP contribution in [0.2, 0.25) is 0 Å². The first-order valence-electron chi connectivity index (χ1n) is 8.81. The van der Waals surface area contributed by atoms with Gasteiger partial charge in [0, 0.05) is 28.6 Å². The summed E-state index contributed by atoms with van der Waals surface area (Å²) in [6.45, 7) is 0. The van der Waals surface area contributed by atoms with Gasteiger partial charge in [0.25, 0.3) is 0 Å². The van der Waals surface area contributed by atoms with Crippen molar-refractivity contribution in [1.82, 2.24) is 8.96 Å². The van der Waals surface area contributed by atoms with Crippen molar-refractivity contribution in [1.29, 1.82) is 0 Å². The maximum Gasteiger partial charge on any atom is 0.243 e. The minimum absolute atomic E-state index is 0.0956. The highest BCUT2D eigenvalue weighted by molar-refractivity contribution is 7.89. The molecule has 0 radical (unpaired) electrons. The van der Waals surface area contributed by atoms with E-state index in [2.05, 4.69) is 4.98 Å². The molecular weight excluding hydrogens is 372 g/mol. The Morgan fingerprint density at radius 2 is 1.64 bits per heavy atom. The molecule has 0 fully saturated rings. The lowest BCUT2D eigenvalue weighted by molar-refractivity contribution is 0.476. The molecule has 5 nitrogen and oxygen atoms in total. The Labute approximate surface area is 161 Å². The standard InChI is InChI=1S/C22H16N2O3S/c25-18-6-7-21-20(12-18)19-10-17-13-23-9-8-16(17)11-22(19)24(21)28(26,27)14-15-4-2-1-3-5-15/h1-13,25H,14H2. The van der Waals surface area contributed by atoms with E-state index in [0.717, 1.165) is 21.7 Å². The molecule has 0 aliphatic heterocycles. The van der Waals surface area contributed by atoms with Crippen LogP contribution < -0.4 is 0 Å². The second-order valence-electron chi connectivity index (χ2n) is 6.80. The number of hydrogen-bond acceptors (Lipinski definition) is 4. The minimum atomic E-state index is -3.69. The van der Waals surface area contributed by atoms with Gasteiger partial charge < -0.3 is 5.11 Å². The Morgan fingerprint density at radius 3 is 2.46 bits per heavy atom. The SMILES string of the molecule is O=S(=O)(Cc1ccccc1)n1c2ccc(O)cc2c2cc3cnccc3cc21. The summed E-state index contributed by atoms with van der Waals surface area (Å²) < 4.78 is 28.2. The van der Waals surface area contributed by atoms with Crippen LogP contribution in [0.25, 0.3) is 32.6 Å². The Kier molecular flexibility index (Phi) is 3.64. The number of hydrogen-bond donors (Lipinski definition) is 1. The van der Waals surface area contributed by atoms with E-state index in [0.29, 0.717) is 16.4 Å². The van der Waals surface area contributed by atoms with Crippen molar-refractivity contribution in [2.75, 3.05) is 0 Å². The van der Waals surface area contributed by atoms with Gasteiger partial charge in [-0.05, 0) is 47.3 Å². The van der Waals surface area contributed by atoms with Gasteiger partial charge in [0.1, 0.15) is 5.75 Å². The Bertz CT molecular complexity index is 1460. The fraction of sp³-hybridized carbons (Fsp3) is 0.0455. The maximum atomic E-state index is 13.4. The van der Waals surface area contributed by atoms with Gasteiger partial charge in [0.15, 0.2) is 0 Å². The normalized spacial score (nSPS) is 12.1. The van der Waals surface area contributed by atoms with Gasteiger partial charge in [0.05, 0.1) is 16.8 Å². The van der Waals surface area contributed by atoms with E-state index in [9.17, 15) is 13.5 Å². The fourth-order valence-corrected chi connectivity index (χ4v) is 5.36. The number of aromatic nitrogens is 2. The molecule has 2 heterocycles. The molecule has 5 aromatic rings. The Hall–Kier alpha value is -3.38. The lowest BCUT2D eigenvalue weighted by atomic mass is 10.1. The predicted octanol–water partition coefficient (Wildman–Crippen LogP) is 4.43. The summed E-state index contributed by atoms with van der Waals surface area (Å²) in [5.41, 5.74) is 1.86. The summed E-state index contributed by atoms with van der Waals surface area (Å²) in [7, 11) is -3.69. The number of benzene rings is 3. The van der Waals surface area contributed by atoms with Crippen molar-refractivity contribution < 1.29 is 13.5 Å². The molecule has 0 bridgehead atoms. The van der Waals surface area contributed by atoms with Gasteiger partial charge in [-0.3, -0.25) is 4.98 Å². The van der Waals surface area contributed by atoms with E-state index < -0.39 is 10.0 Å². The van der Waals surface area contributed by atoms with Crippen LogP contribution in [0.1, 0.15) is 5.56 Å². The summed E-state index contributed by atoms with van der Waals surface area (Å²) in [5.74, 6) is -0.0135. The highest BCUT2D eigenvalue weighted by Crippen LogP contribution is 2.35. The number of nitrogens with zero attached hydrogens (tertiary/aromatic N) is 2. The predicted molar refractivity (Wildman–Crippen MR) is 111 cm³/mol. The molecular formula is C22H16N2O3S. The molecule has 0 spiro atoms.